The maximum absolute atomic E-state index is 12.0. The zero-order valence-electron chi connectivity index (χ0n) is 27.2. The summed E-state index contributed by atoms with van der Waals surface area (Å²) in [7, 11) is 0. The number of phenols is 8. The second-order valence-electron chi connectivity index (χ2n) is 13.1. The van der Waals surface area contributed by atoms with Crippen molar-refractivity contribution in [2.45, 2.75) is 74.4 Å². The largest absolute Gasteiger partial charge is 0.508 e. The van der Waals surface area contributed by atoms with E-state index in [0.717, 1.165) is 18.2 Å². The SMILES string of the molecule is C[C@@H]1O[C@@H](O[C@@H]2Cc3c(O)cc(O)c([C@@H]4c5c(O)cc(O)cc5O[C@H](c5ccc(O)c(O)c5)[C@H]4O)c3O[C@@H]2c2ccc(O)c(O)c2)[C@@H](O)[C@H](O)[C@H]1O. The van der Waals surface area contributed by atoms with Gasteiger partial charge in [0.25, 0.3) is 0 Å². The average Bonchev–Trinajstić information content (AvgIpc) is 3.09. The van der Waals surface area contributed by atoms with Crippen molar-refractivity contribution >= 4 is 0 Å². The Morgan fingerprint density at radius 3 is 1.83 bits per heavy atom. The number of aliphatic hydroxyl groups is 4. The van der Waals surface area contributed by atoms with Gasteiger partial charge in [0, 0.05) is 41.3 Å². The first-order valence-corrected chi connectivity index (χ1v) is 16.2. The van der Waals surface area contributed by atoms with E-state index < -0.39 is 107 Å². The summed E-state index contributed by atoms with van der Waals surface area (Å²) in [4.78, 5) is 0. The van der Waals surface area contributed by atoms with Crippen LogP contribution in [0.15, 0.2) is 54.6 Å². The van der Waals surface area contributed by atoms with Crippen molar-refractivity contribution in [3.63, 3.8) is 0 Å². The number of phenolic OH excluding ortho intramolecular Hbond substituents is 8. The molecule has 3 heterocycles. The fourth-order valence-corrected chi connectivity index (χ4v) is 7.11. The molecule has 1 saturated heterocycles. The summed E-state index contributed by atoms with van der Waals surface area (Å²) in [5.41, 5.74) is 0.123. The van der Waals surface area contributed by atoms with Crippen LogP contribution in [0.3, 0.4) is 0 Å². The Morgan fingerprint density at radius 2 is 1.19 bits per heavy atom. The van der Waals surface area contributed by atoms with Crippen molar-refractivity contribution in [2.24, 2.45) is 0 Å². The highest BCUT2D eigenvalue weighted by molar-refractivity contribution is 5.66. The molecule has 12 N–H and O–H groups in total. The number of hydrogen-bond donors (Lipinski definition) is 12. The van der Waals surface area contributed by atoms with Crippen molar-refractivity contribution in [1.82, 2.24) is 0 Å². The molecule has 0 aliphatic carbocycles. The molecule has 7 rings (SSSR count). The van der Waals surface area contributed by atoms with E-state index in [1.807, 2.05) is 0 Å². The Morgan fingerprint density at radius 1 is 0.577 bits per heavy atom. The Hall–Kier alpha value is -5.36. The molecule has 16 heteroatoms. The molecule has 1 fully saturated rings. The monoisotopic (exact) mass is 724 g/mol. The molecule has 52 heavy (non-hydrogen) atoms. The lowest BCUT2D eigenvalue weighted by molar-refractivity contribution is -0.310. The molecule has 0 aromatic heterocycles. The number of rotatable bonds is 5. The third-order valence-corrected chi connectivity index (χ3v) is 9.77. The van der Waals surface area contributed by atoms with Gasteiger partial charge in [0.05, 0.1) is 12.0 Å². The van der Waals surface area contributed by atoms with E-state index in [0.29, 0.717) is 0 Å². The average molecular weight is 725 g/mol. The van der Waals surface area contributed by atoms with Crippen LogP contribution in [0.4, 0.5) is 0 Å². The Labute approximate surface area is 294 Å². The molecule has 16 nitrogen and oxygen atoms in total. The van der Waals surface area contributed by atoms with E-state index in [2.05, 4.69) is 0 Å². The van der Waals surface area contributed by atoms with Gasteiger partial charge in [-0.1, -0.05) is 12.1 Å². The molecule has 0 saturated carbocycles. The molecule has 4 aromatic carbocycles. The number of fused-ring (bicyclic) bond motifs is 2. The third-order valence-electron chi connectivity index (χ3n) is 9.77. The number of ether oxygens (including phenoxy) is 4. The maximum atomic E-state index is 12.0. The zero-order valence-corrected chi connectivity index (χ0v) is 27.2. The number of aromatic hydroxyl groups is 8. The highest BCUT2D eigenvalue weighted by Gasteiger charge is 2.49. The lowest BCUT2D eigenvalue weighted by Crippen LogP contribution is -2.58. The van der Waals surface area contributed by atoms with Gasteiger partial charge in [0.15, 0.2) is 41.5 Å². The minimum atomic E-state index is -1.73. The molecular formula is C36H36O16. The van der Waals surface area contributed by atoms with E-state index in [4.69, 9.17) is 18.9 Å². The van der Waals surface area contributed by atoms with E-state index in [9.17, 15) is 61.3 Å². The second-order valence-corrected chi connectivity index (χ2v) is 13.1. The summed E-state index contributed by atoms with van der Waals surface area (Å²) in [6.07, 6.45) is -13.0. The molecule has 3 aliphatic rings. The number of benzene rings is 4. The van der Waals surface area contributed by atoms with Crippen LogP contribution in [0, 0.1) is 0 Å². The molecule has 0 bridgehead atoms. The minimum absolute atomic E-state index is 0.0216. The molecule has 276 valence electrons. The zero-order chi connectivity index (χ0) is 37.3. The summed E-state index contributed by atoms with van der Waals surface area (Å²) < 4.78 is 24.3. The molecule has 10 atom stereocenters. The van der Waals surface area contributed by atoms with Crippen LogP contribution in [0.1, 0.15) is 52.9 Å². The van der Waals surface area contributed by atoms with Crippen molar-refractivity contribution in [2.75, 3.05) is 0 Å². The summed E-state index contributed by atoms with van der Waals surface area (Å²) in [5, 5.41) is 128. The minimum Gasteiger partial charge on any atom is -0.508 e. The van der Waals surface area contributed by atoms with Gasteiger partial charge in [-0.15, -0.1) is 0 Å². The van der Waals surface area contributed by atoms with Crippen LogP contribution in [0.5, 0.6) is 57.5 Å². The Kier molecular flexibility index (Phi) is 8.77. The van der Waals surface area contributed by atoms with E-state index in [1.54, 1.807) is 0 Å². The lowest BCUT2D eigenvalue weighted by Gasteiger charge is -2.43. The maximum Gasteiger partial charge on any atom is 0.187 e. The Balaban J connectivity index is 1.38. The van der Waals surface area contributed by atoms with E-state index in [1.165, 1.54) is 43.3 Å². The van der Waals surface area contributed by atoms with Crippen LogP contribution in [0.25, 0.3) is 0 Å². The molecule has 4 aromatic rings. The Bertz CT molecular complexity index is 2020. The molecular weight excluding hydrogens is 688 g/mol. The van der Waals surface area contributed by atoms with Crippen molar-refractivity contribution in [3.8, 4) is 57.5 Å². The lowest BCUT2D eigenvalue weighted by atomic mass is 9.77. The second kappa shape index (κ2) is 13.0. The van der Waals surface area contributed by atoms with Gasteiger partial charge in [-0.3, -0.25) is 0 Å². The van der Waals surface area contributed by atoms with Gasteiger partial charge in [0.2, 0.25) is 0 Å². The summed E-state index contributed by atoms with van der Waals surface area (Å²) in [6, 6.07) is 10.6. The first kappa shape index (κ1) is 35.1. The first-order valence-electron chi connectivity index (χ1n) is 16.2. The molecule has 3 aliphatic heterocycles. The van der Waals surface area contributed by atoms with Crippen LogP contribution in [-0.4, -0.2) is 104 Å². The first-order chi connectivity index (χ1) is 24.6. The fraction of sp³-hybridized carbons (Fsp3) is 0.333. The summed E-state index contributed by atoms with van der Waals surface area (Å²) in [6.45, 7) is 1.46. The smallest absolute Gasteiger partial charge is 0.187 e. The normalized spacial score (nSPS) is 29.7. The molecule has 0 radical (unpaired) electrons. The van der Waals surface area contributed by atoms with E-state index >= 15 is 0 Å². The van der Waals surface area contributed by atoms with Gasteiger partial charge in [-0.25, -0.2) is 0 Å². The molecule has 0 unspecified atom stereocenters. The van der Waals surface area contributed by atoms with Gasteiger partial charge < -0.3 is 80.2 Å². The third kappa shape index (κ3) is 5.84. The van der Waals surface area contributed by atoms with Crippen LogP contribution < -0.4 is 9.47 Å². The van der Waals surface area contributed by atoms with Gasteiger partial charge >= 0.3 is 0 Å². The predicted molar refractivity (Wildman–Crippen MR) is 175 cm³/mol. The highest BCUT2D eigenvalue weighted by atomic mass is 16.7. The number of hydrogen-bond acceptors (Lipinski definition) is 16. The van der Waals surface area contributed by atoms with Gasteiger partial charge in [-0.05, 0) is 42.3 Å². The fourth-order valence-electron chi connectivity index (χ4n) is 7.11. The predicted octanol–water partition coefficient (Wildman–Crippen LogP) is 1.85. The topological polar surface area (TPSA) is 280 Å². The summed E-state index contributed by atoms with van der Waals surface area (Å²) in [5.74, 6) is -5.75. The molecule has 0 amide bonds. The summed E-state index contributed by atoms with van der Waals surface area (Å²) >= 11 is 0. The number of aliphatic hydroxyl groups excluding tert-OH is 4. The standard InChI is InChI=1S/C36H36O16/c1-12-29(45)31(47)32(48)36(49-12)51-25-10-16-19(40)11-23(44)27(35(16)52-33(25)13-2-4-17(38)20(41)6-13)28-26-22(43)8-15(37)9-24(26)50-34(30(28)46)14-3-5-18(39)21(42)7-14/h2-9,11-12,25,28-34,36-48H,10H2,1H3/t12-,25+,28-,29-,30-,31+,32-,33+,34+,36-/m0/s1. The highest BCUT2D eigenvalue weighted by Crippen LogP contribution is 2.57. The van der Waals surface area contributed by atoms with Gasteiger partial charge in [0.1, 0.15) is 65.0 Å². The van der Waals surface area contributed by atoms with E-state index in [-0.39, 0.29) is 45.7 Å². The van der Waals surface area contributed by atoms with Crippen LogP contribution >= 0.6 is 0 Å². The quantitative estimate of drug-likeness (QED) is 0.131. The van der Waals surface area contributed by atoms with Crippen molar-refractivity contribution in [1.29, 1.82) is 0 Å². The van der Waals surface area contributed by atoms with Crippen LogP contribution in [-0.2, 0) is 15.9 Å². The van der Waals surface area contributed by atoms with Crippen molar-refractivity contribution in [3.05, 3.63) is 82.4 Å². The van der Waals surface area contributed by atoms with Crippen LogP contribution in [0.2, 0.25) is 0 Å². The van der Waals surface area contributed by atoms with Crippen molar-refractivity contribution < 1.29 is 80.2 Å². The van der Waals surface area contributed by atoms with Gasteiger partial charge in [-0.2, -0.15) is 0 Å². The molecule has 0 spiro atoms.